The Bertz CT molecular complexity index is 277. The lowest BCUT2D eigenvalue weighted by atomic mass is 9.94. The van der Waals surface area contributed by atoms with E-state index in [1.54, 1.807) is 0 Å². The van der Waals surface area contributed by atoms with E-state index in [9.17, 15) is 4.79 Å². The number of aliphatic hydroxyl groups is 1. The summed E-state index contributed by atoms with van der Waals surface area (Å²) >= 11 is 0. The summed E-state index contributed by atoms with van der Waals surface area (Å²) in [5, 5.41) is 12.0. The van der Waals surface area contributed by atoms with Gasteiger partial charge in [-0.25, -0.2) is 0 Å². The smallest absolute Gasteiger partial charge is 0.223 e. The van der Waals surface area contributed by atoms with E-state index in [0.717, 1.165) is 45.1 Å². The Morgan fingerprint density at radius 3 is 2.76 bits per heavy atom. The molecule has 0 spiro atoms. The van der Waals surface area contributed by atoms with Gasteiger partial charge in [0.1, 0.15) is 0 Å². The Balaban J connectivity index is 1.77. The highest BCUT2D eigenvalue weighted by Gasteiger charge is 2.42. The highest BCUT2D eigenvalue weighted by Crippen LogP contribution is 2.48. The molecule has 0 radical (unpaired) electrons. The number of nitrogens with one attached hydrogen (secondary N) is 1. The van der Waals surface area contributed by atoms with Gasteiger partial charge in [0.05, 0.1) is 0 Å². The minimum absolute atomic E-state index is 0.130. The molecule has 4 nitrogen and oxygen atoms in total. The lowest BCUT2D eigenvalue weighted by Crippen LogP contribution is -2.38. The number of carbonyl (C=O) groups excluding carboxylic acids is 1. The number of carbonyl (C=O) groups is 1. The van der Waals surface area contributed by atoms with Crippen molar-refractivity contribution in [2.75, 3.05) is 19.7 Å². The van der Waals surface area contributed by atoms with Crippen molar-refractivity contribution >= 4 is 5.91 Å². The largest absolute Gasteiger partial charge is 0.396 e. The standard InChI is InChI=1S/C13H24N2O2/c14-8-10-2-1-3-11(10)12(17)15-9-13(4-5-13)6-7-16/h10-11,16H,1-9,14H2,(H,15,17). The zero-order chi connectivity index (χ0) is 12.3. The van der Waals surface area contributed by atoms with Crippen LogP contribution >= 0.6 is 0 Å². The average Bonchev–Trinajstić information content (AvgIpc) is 2.93. The molecule has 0 aromatic carbocycles. The topological polar surface area (TPSA) is 75.4 Å². The molecular formula is C13H24N2O2. The minimum atomic E-state index is 0.130. The van der Waals surface area contributed by atoms with Gasteiger partial charge in [0.25, 0.3) is 0 Å². The van der Waals surface area contributed by atoms with E-state index in [1.165, 1.54) is 0 Å². The van der Waals surface area contributed by atoms with Crippen LogP contribution in [-0.4, -0.2) is 30.7 Å². The molecule has 2 aliphatic rings. The number of hydrogen-bond acceptors (Lipinski definition) is 3. The molecular weight excluding hydrogens is 216 g/mol. The first kappa shape index (κ1) is 12.8. The summed E-state index contributed by atoms with van der Waals surface area (Å²) in [7, 11) is 0. The normalized spacial score (nSPS) is 30.2. The highest BCUT2D eigenvalue weighted by atomic mass is 16.3. The van der Waals surface area contributed by atoms with Crippen molar-refractivity contribution in [2.45, 2.75) is 38.5 Å². The van der Waals surface area contributed by atoms with E-state index in [1.807, 2.05) is 0 Å². The number of aliphatic hydroxyl groups excluding tert-OH is 1. The molecule has 2 aliphatic carbocycles. The summed E-state index contributed by atoms with van der Waals surface area (Å²) in [6.07, 6.45) is 6.30. The Labute approximate surface area is 103 Å². The summed E-state index contributed by atoms with van der Waals surface area (Å²) in [5.74, 6) is 0.690. The van der Waals surface area contributed by atoms with Crippen molar-refractivity contribution in [3.8, 4) is 0 Å². The molecule has 17 heavy (non-hydrogen) atoms. The van der Waals surface area contributed by atoms with Gasteiger partial charge in [0.2, 0.25) is 5.91 Å². The predicted octanol–water partition coefficient (Wildman–Crippen LogP) is 0.640. The van der Waals surface area contributed by atoms with Crippen LogP contribution in [0.1, 0.15) is 38.5 Å². The van der Waals surface area contributed by atoms with Crippen LogP contribution in [0.4, 0.5) is 0 Å². The maximum Gasteiger partial charge on any atom is 0.223 e. The van der Waals surface area contributed by atoms with Gasteiger partial charge in [-0.2, -0.15) is 0 Å². The van der Waals surface area contributed by atoms with Gasteiger partial charge in [-0.05, 0) is 50.0 Å². The molecule has 4 N–H and O–H groups in total. The molecule has 2 atom stereocenters. The van der Waals surface area contributed by atoms with Crippen LogP contribution in [-0.2, 0) is 4.79 Å². The zero-order valence-corrected chi connectivity index (χ0v) is 10.5. The zero-order valence-electron chi connectivity index (χ0n) is 10.5. The Kier molecular flexibility index (Phi) is 4.05. The number of nitrogens with two attached hydrogens (primary N) is 1. The first-order valence-electron chi connectivity index (χ1n) is 6.79. The van der Waals surface area contributed by atoms with Crippen molar-refractivity contribution in [3.05, 3.63) is 0 Å². The quantitative estimate of drug-likeness (QED) is 0.638. The molecule has 0 aromatic rings. The third kappa shape index (κ3) is 2.99. The second-order valence-electron chi connectivity index (χ2n) is 5.72. The molecule has 0 heterocycles. The fourth-order valence-corrected chi connectivity index (χ4v) is 3.00. The van der Waals surface area contributed by atoms with Crippen LogP contribution in [0.2, 0.25) is 0 Å². The monoisotopic (exact) mass is 240 g/mol. The van der Waals surface area contributed by atoms with Gasteiger partial charge in [-0.15, -0.1) is 0 Å². The molecule has 2 fully saturated rings. The van der Waals surface area contributed by atoms with Gasteiger partial charge < -0.3 is 16.2 Å². The summed E-state index contributed by atoms with van der Waals surface area (Å²) in [4.78, 5) is 12.1. The van der Waals surface area contributed by atoms with Crippen molar-refractivity contribution < 1.29 is 9.90 Å². The second-order valence-corrected chi connectivity index (χ2v) is 5.72. The molecule has 4 heteroatoms. The fraction of sp³-hybridized carbons (Fsp3) is 0.923. The third-order valence-corrected chi connectivity index (χ3v) is 4.54. The van der Waals surface area contributed by atoms with Crippen molar-refractivity contribution in [1.29, 1.82) is 0 Å². The van der Waals surface area contributed by atoms with Gasteiger partial charge in [0.15, 0.2) is 0 Å². The Morgan fingerprint density at radius 1 is 1.41 bits per heavy atom. The van der Waals surface area contributed by atoms with E-state index in [2.05, 4.69) is 5.32 Å². The molecule has 2 rings (SSSR count). The molecule has 0 aromatic heterocycles. The summed E-state index contributed by atoms with van der Waals surface area (Å²) in [6, 6.07) is 0. The minimum Gasteiger partial charge on any atom is -0.396 e. The van der Waals surface area contributed by atoms with E-state index >= 15 is 0 Å². The van der Waals surface area contributed by atoms with Gasteiger partial charge in [0, 0.05) is 19.1 Å². The van der Waals surface area contributed by atoms with E-state index in [0.29, 0.717) is 12.5 Å². The second kappa shape index (κ2) is 5.36. The van der Waals surface area contributed by atoms with Crippen molar-refractivity contribution in [2.24, 2.45) is 23.0 Å². The van der Waals surface area contributed by atoms with Crippen LogP contribution in [0.25, 0.3) is 0 Å². The van der Waals surface area contributed by atoms with Gasteiger partial charge in [-0.3, -0.25) is 4.79 Å². The van der Waals surface area contributed by atoms with Gasteiger partial charge >= 0.3 is 0 Å². The molecule has 0 aliphatic heterocycles. The van der Waals surface area contributed by atoms with Gasteiger partial charge in [-0.1, -0.05) is 6.42 Å². The van der Waals surface area contributed by atoms with E-state index in [4.69, 9.17) is 10.8 Å². The SMILES string of the molecule is NCC1CCCC1C(=O)NCC1(CCO)CC1. The summed E-state index contributed by atoms with van der Waals surface area (Å²) in [6.45, 7) is 1.59. The van der Waals surface area contributed by atoms with Crippen LogP contribution in [0, 0.1) is 17.3 Å². The number of rotatable bonds is 6. The third-order valence-electron chi connectivity index (χ3n) is 4.54. The van der Waals surface area contributed by atoms with E-state index in [-0.39, 0.29) is 23.8 Å². The number of hydrogen-bond donors (Lipinski definition) is 3. The Hall–Kier alpha value is -0.610. The number of amides is 1. The van der Waals surface area contributed by atoms with Crippen LogP contribution in [0.5, 0.6) is 0 Å². The fourth-order valence-electron chi connectivity index (χ4n) is 3.00. The van der Waals surface area contributed by atoms with Crippen LogP contribution < -0.4 is 11.1 Å². The maximum atomic E-state index is 12.1. The molecule has 2 saturated carbocycles. The first-order chi connectivity index (χ1) is 8.21. The van der Waals surface area contributed by atoms with Crippen molar-refractivity contribution in [3.63, 3.8) is 0 Å². The molecule has 98 valence electrons. The van der Waals surface area contributed by atoms with E-state index < -0.39 is 0 Å². The first-order valence-corrected chi connectivity index (χ1v) is 6.79. The molecule has 1 amide bonds. The average molecular weight is 240 g/mol. The lowest BCUT2D eigenvalue weighted by Gasteiger charge is -2.20. The molecule has 2 unspecified atom stereocenters. The highest BCUT2D eigenvalue weighted by molar-refractivity contribution is 5.79. The summed E-state index contributed by atoms with van der Waals surface area (Å²) in [5.41, 5.74) is 5.90. The molecule has 0 saturated heterocycles. The lowest BCUT2D eigenvalue weighted by molar-refractivity contribution is -0.126. The van der Waals surface area contributed by atoms with Crippen molar-refractivity contribution in [1.82, 2.24) is 5.32 Å². The Morgan fingerprint density at radius 2 is 2.18 bits per heavy atom. The maximum absolute atomic E-state index is 12.1. The predicted molar refractivity (Wildman–Crippen MR) is 66.3 cm³/mol. The van der Waals surface area contributed by atoms with Crippen LogP contribution in [0.15, 0.2) is 0 Å². The van der Waals surface area contributed by atoms with Crippen LogP contribution in [0.3, 0.4) is 0 Å². The molecule has 0 bridgehead atoms. The summed E-state index contributed by atoms with van der Waals surface area (Å²) < 4.78 is 0.